The van der Waals surface area contributed by atoms with E-state index in [1.807, 2.05) is 0 Å². The highest BCUT2D eigenvalue weighted by molar-refractivity contribution is 7.18. The molecule has 1 aromatic heterocycles. The van der Waals surface area contributed by atoms with Crippen molar-refractivity contribution < 1.29 is 28.5 Å². The molecule has 0 aliphatic carbocycles. The quantitative estimate of drug-likeness (QED) is 0.513. The van der Waals surface area contributed by atoms with Gasteiger partial charge in [0.25, 0.3) is 0 Å². The Balaban J connectivity index is 2.01. The molecule has 0 unspecified atom stereocenters. The first kappa shape index (κ1) is 19.1. The van der Waals surface area contributed by atoms with Gasteiger partial charge in [0.05, 0.1) is 37.0 Å². The lowest BCUT2D eigenvalue weighted by molar-refractivity contribution is -0.141. The van der Waals surface area contributed by atoms with E-state index in [4.69, 9.17) is 30.5 Å². The molecular formula is C17H17ClO6S. The predicted octanol–water partition coefficient (Wildman–Crippen LogP) is 3.40. The van der Waals surface area contributed by atoms with E-state index in [1.165, 1.54) is 21.3 Å². The van der Waals surface area contributed by atoms with E-state index in [-0.39, 0.29) is 18.8 Å². The third kappa shape index (κ3) is 4.87. The fourth-order valence-electron chi connectivity index (χ4n) is 2.14. The summed E-state index contributed by atoms with van der Waals surface area (Å²) in [5.41, 5.74) is 0.617. The van der Waals surface area contributed by atoms with Gasteiger partial charge in [0, 0.05) is 0 Å². The van der Waals surface area contributed by atoms with Crippen LogP contribution in [0.15, 0.2) is 24.3 Å². The maximum Gasteiger partial charge on any atom is 0.310 e. The molecule has 0 fully saturated rings. The van der Waals surface area contributed by atoms with Crippen molar-refractivity contribution in [3.05, 3.63) is 39.0 Å². The summed E-state index contributed by atoms with van der Waals surface area (Å²) in [6.07, 6.45) is -0.0325. The van der Waals surface area contributed by atoms with Gasteiger partial charge in [-0.3, -0.25) is 9.59 Å². The zero-order chi connectivity index (χ0) is 18.4. The Morgan fingerprint density at radius 1 is 1.04 bits per heavy atom. The van der Waals surface area contributed by atoms with Crippen LogP contribution in [0.25, 0.3) is 0 Å². The maximum absolute atomic E-state index is 12.0. The lowest BCUT2D eigenvalue weighted by Crippen LogP contribution is -2.15. The second kappa shape index (κ2) is 8.73. The molecule has 0 spiro atoms. The zero-order valence-electron chi connectivity index (χ0n) is 14.0. The fourth-order valence-corrected chi connectivity index (χ4v) is 3.10. The van der Waals surface area contributed by atoms with Crippen LogP contribution in [-0.2, 0) is 16.0 Å². The molecule has 0 radical (unpaired) electrons. The maximum atomic E-state index is 12.0. The van der Waals surface area contributed by atoms with Gasteiger partial charge in [0.2, 0.25) is 11.5 Å². The third-order valence-corrected chi connectivity index (χ3v) is 4.56. The smallest absolute Gasteiger partial charge is 0.310 e. The largest absolute Gasteiger partial charge is 0.493 e. The Morgan fingerprint density at radius 3 is 2.16 bits per heavy atom. The van der Waals surface area contributed by atoms with E-state index in [0.717, 1.165) is 11.3 Å². The van der Waals surface area contributed by atoms with Crippen LogP contribution in [0.1, 0.15) is 15.2 Å². The van der Waals surface area contributed by atoms with Gasteiger partial charge in [0.15, 0.2) is 18.1 Å². The van der Waals surface area contributed by atoms with Crippen LogP contribution in [0.5, 0.6) is 17.2 Å². The summed E-state index contributed by atoms with van der Waals surface area (Å²) < 4.78 is 21.2. The Bertz CT molecular complexity index is 745. The molecule has 2 rings (SSSR count). The molecule has 134 valence electrons. The van der Waals surface area contributed by atoms with Crippen molar-refractivity contribution in [2.45, 2.75) is 6.42 Å². The van der Waals surface area contributed by atoms with E-state index in [1.54, 1.807) is 24.3 Å². The summed E-state index contributed by atoms with van der Waals surface area (Å²) in [6, 6.07) is 6.53. The number of rotatable bonds is 8. The summed E-state index contributed by atoms with van der Waals surface area (Å²) in [5, 5.41) is 0. The number of carbonyl (C=O) groups is 2. The first-order valence-corrected chi connectivity index (χ1v) is 8.41. The number of methoxy groups -OCH3 is 3. The first-order chi connectivity index (χ1) is 12.0. The molecule has 0 bridgehead atoms. The van der Waals surface area contributed by atoms with Crippen molar-refractivity contribution in [3.8, 4) is 17.2 Å². The van der Waals surface area contributed by atoms with Gasteiger partial charge in [-0.05, 0) is 29.8 Å². The topological polar surface area (TPSA) is 71.1 Å². The minimum absolute atomic E-state index is 0.0325. The normalized spacial score (nSPS) is 10.2. The first-order valence-electron chi connectivity index (χ1n) is 7.21. The highest BCUT2D eigenvalue weighted by Gasteiger charge is 2.17. The fraction of sp³-hybridized carbons (Fsp3) is 0.294. The predicted molar refractivity (Wildman–Crippen MR) is 94.4 cm³/mol. The molecule has 0 aliphatic rings. The molecule has 1 aromatic carbocycles. The standard InChI is InChI=1S/C17H17ClO6S/c1-21-12-6-10(7-13(22-2)17(12)23-3)8-16(20)24-9-11(19)14-4-5-15(18)25-14/h4-7H,8-9H2,1-3H3. The third-order valence-electron chi connectivity index (χ3n) is 3.29. The minimum Gasteiger partial charge on any atom is -0.493 e. The van der Waals surface area contributed by atoms with E-state index < -0.39 is 5.97 Å². The molecule has 0 saturated carbocycles. The van der Waals surface area contributed by atoms with Crippen molar-refractivity contribution in [2.75, 3.05) is 27.9 Å². The van der Waals surface area contributed by atoms with Crippen molar-refractivity contribution in [3.63, 3.8) is 0 Å². The van der Waals surface area contributed by atoms with Crippen molar-refractivity contribution in [1.82, 2.24) is 0 Å². The molecule has 0 atom stereocenters. The SMILES string of the molecule is COc1cc(CC(=O)OCC(=O)c2ccc(Cl)s2)cc(OC)c1OC. The Kier molecular flexibility index (Phi) is 6.66. The lowest BCUT2D eigenvalue weighted by atomic mass is 10.1. The van der Waals surface area contributed by atoms with Crippen LogP contribution in [0.4, 0.5) is 0 Å². The van der Waals surface area contributed by atoms with Gasteiger partial charge in [-0.2, -0.15) is 0 Å². The lowest BCUT2D eigenvalue weighted by Gasteiger charge is -2.13. The Hall–Kier alpha value is -2.25. The monoisotopic (exact) mass is 384 g/mol. The van der Waals surface area contributed by atoms with Gasteiger partial charge in [-0.25, -0.2) is 0 Å². The second-order valence-electron chi connectivity index (χ2n) is 4.90. The number of hydrogen-bond donors (Lipinski definition) is 0. The summed E-state index contributed by atoms with van der Waals surface area (Å²) >= 11 is 6.92. The number of benzene rings is 1. The van der Waals surface area contributed by atoms with Crippen molar-refractivity contribution in [2.24, 2.45) is 0 Å². The van der Waals surface area contributed by atoms with Gasteiger partial charge in [0.1, 0.15) is 0 Å². The Morgan fingerprint density at radius 2 is 1.68 bits per heavy atom. The highest BCUT2D eigenvalue weighted by atomic mass is 35.5. The molecule has 0 amide bonds. The van der Waals surface area contributed by atoms with Gasteiger partial charge >= 0.3 is 5.97 Å². The number of carbonyl (C=O) groups excluding carboxylic acids is 2. The van der Waals surface area contributed by atoms with Crippen LogP contribution in [0.2, 0.25) is 4.34 Å². The van der Waals surface area contributed by atoms with Crippen LogP contribution < -0.4 is 14.2 Å². The second-order valence-corrected chi connectivity index (χ2v) is 6.61. The Labute approximate surface area is 154 Å². The molecule has 0 aliphatic heterocycles. The number of hydrogen-bond acceptors (Lipinski definition) is 7. The number of ether oxygens (including phenoxy) is 4. The number of halogens is 1. The molecule has 0 N–H and O–H groups in total. The van der Waals surface area contributed by atoms with E-state index in [0.29, 0.717) is 32.0 Å². The van der Waals surface area contributed by atoms with E-state index >= 15 is 0 Å². The van der Waals surface area contributed by atoms with Crippen LogP contribution in [0.3, 0.4) is 0 Å². The molecule has 6 nitrogen and oxygen atoms in total. The number of ketones is 1. The van der Waals surface area contributed by atoms with Gasteiger partial charge in [-0.1, -0.05) is 11.6 Å². The number of esters is 1. The number of thiophene rings is 1. The van der Waals surface area contributed by atoms with Crippen LogP contribution in [0, 0.1) is 0 Å². The average molecular weight is 385 g/mol. The van der Waals surface area contributed by atoms with Gasteiger partial charge in [-0.15, -0.1) is 11.3 Å². The van der Waals surface area contributed by atoms with Crippen LogP contribution in [-0.4, -0.2) is 39.7 Å². The van der Waals surface area contributed by atoms with E-state index in [9.17, 15) is 9.59 Å². The van der Waals surface area contributed by atoms with Crippen molar-refractivity contribution >= 4 is 34.7 Å². The summed E-state index contributed by atoms with van der Waals surface area (Å²) in [4.78, 5) is 24.4. The summed E-state index contributed by atoms with van der Waals surface area (Å²) in [7, 11) is 4.48. The summed E-state index contributed by atoms with van der Waals surface area (Å²) in [6.45, 7) is -0.333. The summed E-state index contributed by atoms with van der Waals surface area (Å²) in [5.74, 6) is 0.482. The minimum atomic E-state index is -0.537. The molecule has 1 heterocycles. The molecule has 2 aromatic rings. The van der Waals surface area contributed by atoms with Crippen molar-refractivity contribution in [1.29, 1.82) is 0 Å². The van der Waals surface area contributed by atoms with Crippen LogP contribution >= 0.6 is 22.9 Å². The molecule has 8 heteroatoms. The number of Topliss-reactive ketones (excluding diaryl/α,β-unsaturated/α-hetero) is 1. The van der Waals surface area contributed by atoms with Gasteiger partial charge < -0.3 is 18.9 Å². The molecule has 0 saturated heterocycles. The van der Waals surface area contributed by atoms with E-state index in [2.05, 4.69) is 0 Å². The average Bonchev–Trinajstić information content (AvgIpc) is 3.05. The highest BCUT2D eigenvalue weighted by Crippen LogP contribution is 2.38. The zero-order valence-corrected chi connectivity index (χ0v) is 15.5. The molecule has 25 heavy (non-hydrogen) atoms. The molecular weight excluding hydrogens is 368 g/mol.